The first-order valence-corrected chi connectivity index (χ1v) is 3.56. The van der Waals surface area contributed by atoms with E-state index in [1.807, 2.05) is 0 Å². The standard InChI is InChI=1S/C7H13F3/c1-2-4-7(9,10)5-3-6-8/h2-6H2,1H3. The molecule has 0 aromatic heterocycles. The van der Waals surface area contributed by atoms with Crippen LogP contribution in [0.4, 0.5) is 13.2 Å². The van der Waals surface area contributed by atoms with Crippen LogP contribution >= 0.6 is 0 Å². The molecule has 0 bridgehead atoms. The van der Waals surface area contributed by atoms with E-state index in [4.69, 9.17) is 0 Å². The minimum atomic E-state index is -2.64. The van der Waals surface area contributed by atoms with E-state index in [0.29, 0.717) is 6.42 Å². The molecule has 0 saturated heterocycles. The maximum absolute atomic E-state index is 12.4. The van der Waals surface area contributed by atoms with Crippen LogP contribution in [0.1, 0.15) is 32.6 Å². The molecular formula is C7H13F3. The summed E-state index contributed by atoms with van der Waals surface area (Å²) in [5.41, 5.74) is 0. The van der Waals surface area contributed by atoms with Crippen molar-refractivity contribution in [2.45, 2.75) is 38.5 Å². The van der Waals surface area contributed by atoms with Crippen molar-refractivity contribution in [2.24, 2.45) is 0 Å². The van der Waals surface area contributed by atoms with E-state index >= 15 is 0 Å². The Morgan fingerprint density at radius 1 is 1.20 bits per heavy atom. The summed E-state index contributed by atoms with van der Waals surface area (Å²) in [6, 6.07) is 0. The summed E-state index contributed by atoms with van der Waals surface area (Å²) in [7, 11) is 0. The molecule has 3 heteroatoms. The fraction of sp³-hybridized carbons (Fsp3) is 1.00. The predicted octanol–water partition coefficient (Wildman–Crippen LogP) is 3.17. The van der Waals surface area contributed by atoms with Crippen LogP contribution in [0.2, 0.25) is 0 Å². The monoisotopic (exact) mass is 154 g/mol. The average molecular weight is 154 g/mol. The molecule has 0 heterocycles. The third-order valence-corrected chi connectivity index (χ3v) is 1.29. The maximum Gasteiger partial charge on any atom is 0.248 e. The highest BCUT2D eigenvalue weighted by Gasteiger charge is 2.26. The lowest BCUT2D eigenvalue weighted by Gasteiger charge is -2.13. The largest absolute Gasteiger partial charge is 0.251 e. The summed E-state index contributed by atoms with van der Waals surface area (Å²) in [4.78, 5) is 0. The lowest BCUT2D eigenvalue weighted by atomic mass is 10.1. The van der Waals surface area contributed by atoms with Gasteiger partial charge in [-0.15, -0.1) is 0 Å². The van der Waals surface area contributed by atoms with Crippen LogP contribution < -0.4 is 0 Å². The van der Waals surface area contributed by atoms with E-state index < -0.39 is 12.6 Å². The summed E-state index contributed by atoms with van der Waals surface area (Å²) < 4.78 is 36.3. The SMILES string of the molecule is CCCC(F)(F)CCCF. The molecule has 0 N–H and O–H groups in total. The van der Waals surface area contributed by atoms with E-state index in [1.165, 1.54) is 0 Å². The van der Waals surface area contributed by atoms with Gasteiger partial charge in [-0.2, -0.15) is 0 Å². The topological polar surface area (TPSA) is 0 Å². The lowest BCUT2D eigenvalue weighted by Crippen LogP contribution is -2.15. The van der Waals surface area contributed by atoms with Crippen LogP contribution in [0.15, 0.2) is 0 Å². The second-order valence-electron chi connectivity index (χ2n) is 2.40. The van der Waals surface area contributed by atoms with Gasteiger partial charge >= 0.3 is 0 Å². The Labute approximate surface area is 59.4 Å². The van der Waals surface area contributed by atoms with E-state index in [2.05, 4.69) is 0 Å². The van der Waals surface area contributed by atoms with Crippen LogP contribution in [-0.2, 0) is 0 Å². The van der Waals surface area contributed by atoms with Gasteiger partial charge in [-0.3, -0.25) is 4.39 Å². The van der Waals surface area contributed by atoms with Crippen LogP contribution in [0, 0.1) is 0 Å². The minimum absolute atomic E-state index is 0.0208. The van der Waals surface area contributed by atoms with Gasteiger partial charge in [-0.25, -0.2) is 8.78 Å². The molecule has 0 rings (SSSR count). The molecule has 0 atom stereocenters. The zero-order valence-corrected chi connectivity index (χ0v) is 6.17. The second kappa shape index (κ2) is 4.58. The van der Waals surface area contributed by atoms with E-state index in [-0.39, 0.29) is 19.3 Å². The number of hydrogen-bond acceptors (Lipinski definition) is 0. The summed E-state index contributed by atoms with van der Waals surface area (Å²) in [5, 5.41) is 0. The lowest BCUT2D eigenvalue weighted by molar-refractivity contribution is -0.0197. The third-order valence-electron chi connectivity index (χ3n) is 1.29. The molecular weight excluding hydrogens is 141 g/mol. The summed E-state index contributed by atoms with van der Waals surface area (Å²) >= 11 is 0. The molecule has 0 aliphatic rings. The molecule has 0 aliphatic heterocycles. The van der Waals surface area contributed by atoms with Crippen molar-refractivity contribution in [3.8, 4) is 0 Å². The molecule has 0 radical (unpaired) electrons. The molecule has 10 heavy (non-hydrogen) atoms. The highest BCUT2D eigenvalue weighted by atomic mass is 19.3. The van der Waals surface area contributed by atoms with Crippen LogP contribution in [0.3, 0.4) is 0 Å². The van der Waals surface area contributed by atoms with Gasteiger partial charge in [0.05, 0.1) is 6.67 Å². The maximum atomic E-state index is 12.4. The van der Waals surface area contributed by atoms with Crippen molar-refractivity contribution < 1.29 is 13.2 Å². The second-order valence-corrected chi connectivity index (χ2v) is 2.40. The van der Waals surface area contributed by atoms with Crippen molar-refractivity contribution in [1.29, 1.82) is 0 Å². The molecule has 0 aliphatic carbocycles. The first-order valence-electron chi connectivity index (χ1n) is 3.56. The number of halogens is 3. The summed E-state index contributed by atoms with van der Waals surface area (Å²) in [5.74, 6) is -2.64. The zero-order chi connectivity index (χ0) is 8.04. The Hall–Kier alpha value is -0.210. The summed E-state index contributed by atoms with van der Waals surface area (Å²) in [6.45, 7) is 1.06. The van der Waals surface area contributed by atoms with Gasteiger partial charge in [0.15, 0.2) is 0 Å². The molecule has 0 saturated carbocycles. The third kappa shape index (κ3) is 4.65. The van der Waals surface area contributed by atoms with Crippen molar-refractivity contribution >= 4 is 0 Å². The summed E-state index contributed by atoms with van der Waals surface area (Å²) in [6.07, 6.45) is 0.0105. The Bertz CT molecular complexity index is 80.9. The first-order chi connectivity index (χ1) is 4.62. The van der Waals surface area contributed by atoms with Gasteiger partial charge in [0.2, 0.25) is 5.92 Å². The fourth-order valence-corrected chi connectivity index (χ4v) is 0.816. The average Bonchev–Trinajstić information content (AvgIpc) is 1.84. The fourth-order valence-electron chi connectivity index (χ4n) is 0.816. The number of hydrogen-bond donors (Lipinski definition) is 0. The van der Waals surface area contributed by atoms with Gasteiger partial charge in [0.1, 0.15) is 0 Å². The number of alkyl halides is 3. The van der Waals surface area contributed by atoms with Crippen molar-refractivity contribution in [3.63, 3.8) is 0 Å². The molecule has 62 valence electrons. The van der Waals surface area contributed by atoms with Crippen molar-refractivity contribution in [2.75, 3.05) is 6.67 Å². The Morgan fingerprint density at radius 3 is 2.20 bits per heavy atom. The molecule has 0 spiro atoms. The highest BCUT2D eigenvalue weighted by Crippen LogP contribution is 2.25. The van der Waals surface area contributed by atoms with Gasteiger partial charge < -0.3 is 0 Å². The normalized spacial score (nSPS) is 12.0. The molecule has 0 aromatic carbocycles. The van der Waals surface area contributed by atoms with Crippen LogP contribution in [0.25, 0.3) is 0 Å². The van der Waals surface area contributed by atoms with Crippen LogP contribution in [-0.4, -0.2) is 12.6 Å². The Balaban J connectivity index is 3.42. The smallest absolute Gasteiger partial charge is 0.248 e. The van der Waals surface area contributed by atoms with E-state index in [0.717, 1.165) is 0 Å². The van der Waals surface area contributed by atoms with Crippen molar-refractivity contribution in [1.82, 2.24) is 0 Å². The minimum Gasteiger partial charge on any atom is -0.251 e. The predicted molar refractivity (Wildman–Crippen MR) is 35.1 cm³/mol. The quantitative estimate of drug-likeness (QED) is 0.570. The molecule has 0 amide bonds. The van der Waals surface area contributed by atoms with E-state index in [1.54, 1.807) is 6.92 Å². The Morgan fingerprint density at radius 2 is 1.80 bits per heavy atom. The zero-order valence-electron chi connectivity index (χ0n) is 6.17. The molecule has 0 nitrogen and oxygen atoms in total. The first kappa shape index (κ1) is 9.79. The van der Waals surface area contributed by atoms with Gasteiger partial charge in [-0.05, 0) is 6.42 Å². The van der Waals surface area contributed by atoms with Crippen LogP contribution in [0.5, 0.6) is 0 Å². The highest BCUT2D eigenvalue weighted by molar-refractivity contribution is 4.64. The molecule has 0 fully saturated rings. The van der Waals surface area contributed by atoms with Crippen molar-refractivity contribution in [3.05, 3.63) is 0 Å². The number of rotatable bonds is 5. The van der Waals surface area contributed by atoms with Gasteiger partial charge in [0.25, 0.3) is 0 Å². The molecule has 0 unspecified atom stereocenters. The van der Waals surface area contributed by atoms with Gasteiger partial charge in [-0.1, -0.05) is 13.3 Å². The molecule has 0 aromatic rings. The van der Waals surface area contributed by atoms with E-state index in [9.17, 15) is 13.2 Å². The Kier molecular flexibility index (Phi) is 4.49. The van der Waals surface area contributed by atoms with Gasteiger partial charge in [0, 0.05) is 12.8 Å².